The molecule has 2 aromatic rings. The van der Waals surface area contributed by atoms with Crippen LogP contribution in [0, 0.1) is 5.41 Å². The SMILES string of the molecule is CC1(CNC(=O)c2cnn(-c3cccc(Br)c3)c2)CCNCC1. The van der Waals surface area contributed by atoms with Crippen LogP contribution < -0.4 is 10.6 Å². The van der Waals surface area contributed by atoms with Crippen LogP contribution in [-0.4, -0.2) is 35.3 Å². The smallest absolute Gasteiger partial charge is 0.254 e. The van der Waals surface area contributed by atoms with Crippen LogP contribution in [0.1, 0.15) is 30.1 Å². The predicted octanol–water partition coefficient (Wildman–Crippen LogP) is 2.75. The fraction of sp³-hybridized carbons (Fsp3) is 0.412. The lowest BCUT2D eigenvalue weighted by molar-refractivity contribution is 0.0922. The molecule has 23 heavy (non-hydrogen) atoms. The number of rotatable bonds is 4. The minimum absolute atomic E-state index is 0.0639. The van der Waals surface area contributed by atoms with Crippen LogP contribution in [-0.2, 0) is 0 Å². The first-order valence-corrected chi connectivity index (χ1v) is 8.65. The molecular weight excluding hydrogens is 356 g/mol. The molecular formula is C17H21BrN4O. The molecule has 0 radical (unpaired) electrons. The Bertz CT molecular complexity index is 691. The highest BCUT2D eigenvalue weighted by atomic mass is 79.9. The van der Waals surface area contributed by atoms with E-state index < -0.39 is 0 Å². The van der Waals surface area contributed by atoms with Gasteiger partial charge in [0.05, 0.1) is 17.4 Å². The minimum atomic E-state index is -0.0639. The highest BCUT2D eigenvalue weighted by Crippen LogP contribution is 2.26. The molecule has 1 aromatic heterocycles. The van der Waals surface area contributed by atoms with E-state index in [-0.39, 0.29) is 11.3 Å². The fourth-order valence-corrected chi connectivity index (χ4v) is 3.19. The van der Waals surface area contributed by atoms with Crippen LogP contribution in [0.2, 0.25) is 0 Å². The monoisotopic (exact) mass is 376 g/mol. The summed E-state index contributed by atoms with van der Waals surface area (Å²) in [7, 11) is 0. The van der Waals surface area contributed by atoms with Crippen LogP contribution in [0.15, 0.2) is 41.1 Å². The molecule has 0 aliphatic carbocycles. The van der Waals surface area contributed by atoms with Gasteiger partial charge in [-0.25, -0.2) is 4.68 Å². The van der Waals surface area contributed by atoms with Crippen LogP contribution >= 0.6 is 15.9 Å². The number of halogens is 1. The van der Waals surface area contributed by atoms with E-state index in [0.717, 1.165) is 36.1 Å². The summed E-state index contributed by atoms with van der Waals surface area (Å²) in [6, 6.07) is 7.82. The van der Waals surface area contributed by atoms with E-state index >= 15 is 0 Å². The van der Waals surface area contributed by atoms with Gasteiger partial charge < -0.3 is 10.6 Å². The maximum Gasteiger partial charge on any atom is 0.254 e. The Morgan fingerprint density at radius 1 is 1.43 bits per heavy atom. The second-order valence-corrected chi connectivity index (χ2v) is 7.31. The number of nitrogens with one attached hydrogen (secondary N) is 2. The summed E-state index contributed by atoms with van der Waals surface area (Å²) in [6.45, 7) is 4.98. The van der Waals surface area contributed by atoms with Crippen molar-refractivity contribution in [2.75, 3.05) is 19.6 Å². The summed E-state index contributed by atoms with van der Waals surface area (Å²) >= 11 is 3.44. The van der Waals surface area contributed by atoms with Crippen LogP contribution in [0.4, 0.5) is 0 Å². The van der Waals surface area contributed by atoms with Gasteiger partial charge in [0.1, 0.15) is 0 Å². The number of hydrogen-bond acceptors (Lipinski definition) is 3. The Kier molecular flexibility index (Phi) is 4.82. The van der Waals surface area contributed by atoms with Crippen molar-refractivity contribution in [3.05, 3.63) is 46.7 Å². The first-order valence-electron chi connectivity index (χ1n) is 7.85. The highest BCUT2D eigenvalue weighted by molar-refractivity contribution is 9.10. The summed E-state index contributed by atoms with van der Waals surface area (Å²) in [6.07, 6.45) is 5.55. The number of carbonyl (C=O) groups excluding carboxylic acids is 1. The number of hydrogen-bond donors (Lipinski definition) is 2. The van der Waals surface area contributed by atoms with Gasteiger partial charge in [0, 0.05) is 17.2 Å². The van der Waals surface area contributed by atoms with E-state index in [1.54, 1.807) is 17.1 Å². The molecule has 1 aromatic carbocycles. The van der Waals surface area contributed by atoms with Gasteiger partial charge in [-0.3, -0.25) is 4.79 Å². The zero-order chi connectivity index (χ0) is 16.3. The number of nitrogens with zero attached hydrogens (tertiary/aromatic N) is 2. The normalized spacial score (nSPS) is 17.0. The third-order valence-electron chi connectivity index (χ3n) is 4.40. The van der Waals surface area contributed by atoms with Crippen LogP contribution in [0.5, 0.6) is 0 Å². The van der Waals surface area contributed by atoms with E-state index in [2.05, 4.69) is 38.6 Å². The number of carbonyl (C=O) groups is 1. The van der Waals surface area contributed by atoms with Gasteiger partial charge in [0.25, 0.3) is 5.91 Å². The molecule has 2 heterocycles. The summed E-state index contributed by atoms with van der Waals surface area (Å²) in [5.41, 5.74) is 1.69. The Labute approximate surface area is 144 Å². The van der Waals surface area contributed by atoms with Gasteiger partial charge in [-0.05, 0) is 49.5 Å². The molecule has 1 aliphatic rings. The Morgan fingerprint density at radius 3 is 2.96 bits per heavy atom. The summed E-state index contributed by atoms with van der Waals surface area (Å²) in [5.74, 6) is -0.0639. The van der Waals surface area contributed by atoms with Crippen molar-refractivity contribution in [3.63, 3.8) is 0 Å². The highest BCUT2D eigenvalue weighted by Gasteiger charge is 2.27. The average molecular weight is 377 g/mol. The average Bonchev–Trinajstić information content (AvgIpc) is 3.03. The van der Waals surface area contributed by atoms with Crippen LogP contribution in [0.3, 0.4) is 0 Å². The zero-order valence-electron chi connectivity index (χ0n) is 13.2. The lowest BCUT2D eigenvalue weighted by atomic mass is 9.81. The Hall–Kier alpha value is -1.66. The third kappa shape index (κ3) is 4.00. The standard InChI is InChI=1S/C17H21BrN4O/c1-17(5-7-19-8-6-17)12-20-16(23)13-10-21-22(11-13)15-4-2-3-14(18)9-15/h2-4,9-11,19H,5-8,12H2,1H3,(H,20,23). The Balaban J connectivity index is 1.64. The second kappa shape index (κ2) is 6.84. The van der Waals surface area contributed by atoms with Crippen molar-refractivity contribution >= 4 is 21.8 Å². The largest absolute Gasteiger partial charge is 0.351 e. The molecule has 0 saturated carbocycles. The van der Waals surface area contributed by atoms with Crippen molar-refractivity contribution in [2.45, 2.75) is 19.8 Å². The second-order valence-electron chi connectivity index (χ2n) is 6.40. The molecule has 1 aliphatic heterocycles. The predicted molar refractivity (Wildman–Crippen MR) is 93.8 cm³/mol. The van der Waals surface area contributed by atoms with Gasteiger partial charge >= 0.3 is 0 Å². The molecule has 2 N–H and O–H groups in total. The fourth-order valence-electron chi connectivity index (χ4n) is 2.80. The molecule has 122 valence electrons. The van der Waals surface area contributed by atoms with Crippen LogP contribution in [0.25, 0.3) is 5.69 Å². The summed E-state index contributed by atoms with van der Waals surface area (Å²) in [4.78, 5) is 12.4. The van der Waals surface area contributed by atoms with Crippen molar-refractivity contribution in [1.82, 2.24) is 20.4 Å². The molecule has 1 amide bonds. The number of benzene rings is 1. The van der Waals surface area contributed by atoms with Crippen molar-refractivity contribution in [1.29, 1.82) is 0 Å². The van der Waals surface area contributed by atoms with Crippen molar-refractivity contribution in [2.24, 2.45) is 5.41 Å². The molecule has 3 rings (SSSR count). The van der Waals surface area contributed by atoms with Gasteiger partial charge in [0.15, 0.2) is 0 Å². The molecule has 0 bridgehead atoms. The Morgan fingerprint density at radius 2 is 2.22 bits per heavy atom. The maximum absolute atomic E-state index is 12.4. The van der Waals surface area contributed by atoms with E-state index in [1.165, 1.54) is 0 Å². The maximum atomic E-state index is 12.4. The molecule has 6 heteroatoms. The van der Waals surface area contributed by atoms with E-state index in [1.807, 2.05) is 24.3 Å². The molecule has 1 saturated heterocycles. The number of amides is 1. The number of piperidine rings is 1. The first-order chi connectivity index (χ1) is 11.1. The summed E-state index contributed by atoms with van der Waals surface area (Å²) in [5, 5.41) is 10.7. The summed E-state index contributed by atoms with van der Waals surface area (Å²) < 4.78 is 2.70. The molecule has 0 atom stereocenters. The van der Waals surface area contributed by atoms with E-state index in [4.69, 9.17) is 0 Å². The molecule has 5 nitrogen and oxygen atoms in total. The van der Waals surface area contributed by atoms with Gasteiger partial charge in [-0.2, -0.15) is 5.10 Å². The van der Waals surface area contributed by atoms with Crippen molar-refractivity contribution < 1.29 is 4.79 Å². The minimum Gasteiger partial charge on any atom is -0.351 e. The zero-order valence-corrected chi connectivity index (χ0v) is 14.8. The van der Waals surface area contributed by atoms with Crippen molar-refractivity contribution in [3.8, 4) is 5.69 Å². The first kappa shape index (κ1) is 16.2. The number of aromatic nitrogens is 2. The van der Waals surface area contributed by atoms with Gasteiger partial charge in [-0.15, -0.1) is 0 Å². The third-order valence-corrected chi connectivity index (χ3v) is 4.90. The van der Waals surface area contributed by atoms with Gasteiger partial charge in [-0.1, -0.05) is 28.9 Å². The van der Waals surface area contributed by atoms with Gasteiger partial charge in [0.2, 0.25) is 0 Å². The van der Waals surface area contributed by atoms with E-state index in [9.17, 15) is 4.79 Å². The topological polar surface area (TPSA) is 59.0 Å². The molecule has 0 spiro atoms. The quantitative estimate of drug-likeness (QED) is 0.862. The van der Waals surface area contributed by atoms with E-state index in [0.29, 0.717) is 12.1 Å². The lowest BCUT2D eigenvalue weighted by Gasteiger charge is -2.34. The lowest BCUT2D eigenvalue weighted by Crippen LogP contribution is -2.42. The molecule has 1 fully saturated rings. The molecule has 0 unspecified atom stereocenters.